The van der Waals surface area contributed by atoms with Crippen molar-refractivity contribution in [3.05, 3.63) is 23.3 Å². The van der Waals surface area contributed by atoms with E-state index in [-0.39, 0.29) is 27.9 Å². The fraction of sp³-hybridized carbons (Fsp3) is 0.786. The minimum Gasteiger partial charge on any atom is -0.504 e. The summed E-state index contributed by atoms with van der Waals surface area (Å²) in [6.07, 6.45) is 6.71. The van der Waals surface area contributed by atoms with Crippen LogP contribution in [0.5, 0.6) is 11.5 Å². The van der Waals surface area contributed by atoms with Gasteiger partial charge in [-0.3, -0.25) is 4.90 Å². The van der Waals surface area contributed by atoms with Crippen LogP contribution >= 0.6 is 0 Å². The van der Waals surface area contributed by atoms with Crippen LogP contribution in [-0.4, -0.2) is 56.7 Å². The standard InChI is InChI=1S/C28H39NO4/c1-24(2,3)25(4,31)19-14-26-9-10-28(19,32)23-27(26)11-12-29(15-16-5-6-16)20(26)13-17-7-8-18(30)22(33-23)21(17)27/h7-8,16,19-20,23,30-32H,5-6,9-15H2,1-4H3/t19-,20-,23-,25-,26+,27+,28-/m1/s1. The Hall–Kier alpha value is -1.30. The molecule has 2 spiro atoms. The van der Waals surface area contributed by atoms with Gasteiger partial charge in [0.1, 0.15) is 11.7 Å². The number of ether oxygens (including phenoxy) is 1. The normalized spacial score (nSPS) is 44.8. The van der Waals surface area contributed by atoms with E-state index in [2.05, 4.69) is 31.7 Å². The largest absolute Gasteiger partial charge is 0.504 e. The number of piperidine rings is 1. The third-order valence-electron chi connectivity index (χ3n) is 11.5. The molecule has 5 fully saturated rings. The average Bonchev–Trinajstić information content (AvgIpc) is 3.48. The Morgan fingerprint density at radius 3 is 2.58 bits per heavy atom. The van der Waals surface area contributed by atoms with Crippen LogP contribution in [0.25, 0.3) is 0 Å². The Balaban J connectivity index is 1.46. The number of nitrogens with zero attached hydrogens (tertiary/aromatic N) is 1. The molecule has 3 N–H and O–H groups in total. The van der Waals surface area contributed by atoms with Gasteiger partial charge >= 0.3 is 0 Å². The number of phenolic OH excluding ortho intramolecular Hbond substituents is 1. The summed E-state index contributed by atoms with van der Waals surface area (Å²) in [5.41, 5.74) is -0.323. The van der Waals surface area contributed by atoms with Crippen molar-refractivity contribution in [2.45, 2.75) is 101 Å². The van der Waals surface area contributed by atoms with Gasteiger partial charge in [0.2, 0.25) is 0 Å². The van der Waals surface area contributed by atoms with E-state index < -0.39 is 17.3 Å². The van der Waals surface area contributed by atoms with Crippen LogP contribution in [0.3, 0.4) is 0 Å². The van der Waals surface area contributed by atoms with Crippen molar-refractivity contribution >= 4 is 0 Å². The van der Waals surface area contributed by atoms with Crippen LogP contribution in [0.2, 0.25) is 0 Å². The molecule has 5 heteroatoms. The molecule has 8 rings (SSSR count). The van der Waals surface area contributed by atoms with E-state index in [0.29, 0.717) is 18.2 Å². The summed E-state index contributed by atoms with van der Waals surface area (Å²) in [7, 11) is 0. The van der Waals surface area contributed by atoms with Crippen molar-refractivity contribution in [1.29, 1.82) is 0 Å². The van der Waals surface area contributed by atoms with Crippen molar-refractivity contribution < 1.29 is 20.1 Å². The molecule has 0 radical (unpaired) electrons. The van der Waals surface area contributed by atoms with Crippen molar-refractivity contribution in [2.75, 3.05) is 13.1 Å². The van der Waals surface area contributed by atoms with Gasteiger partial charge in [0.15, 0.2) is 11.5 Å². The molecule has 180 valence electrons. The smallest absolute Gasteiger partial charge is 0.165 e. The zero-order valence-corrected chi connectivity index (χ0v) is 20.5. The number of phenols is 1. The lowest BCUT2D eigenvalue weighted by Crippen LogP contribution is -2.82. The van der Waals surface area contributed by atoms with Crippen LogP contribution in [-0.2, 0) is 11.8 Å². The highest BCUT2D eigenvalue weighted by atomic mass is 16.5. The van der Waals surface area contributed by atoms with Gasteiger partial charge in [0.25, 0.3) is 0 Å². The molecule has 5 aliphatic carbocycles. The third kappa shape index (κ3) is 2.22. The first-order chi connectivity index (χ1) is 15.5. The molecule has 2 aliphatic heterocycles. The second kappa shape index (κ2) is 5.91. The summed E-state index contributed by atoms with van der Waals surface area (Å²) in [4.78, 5) is 2.77. The Kier molecular flexibility index (Phi) is 3.76. The van der Waals surface area contributed by atoms with Crippen LogP contribution in [0.1, 0.15) is 77.3 Å². The Morgan fingerprint density at radius 2 is 1.88 bits per heavy atom. The van der Waals surface area contributed by atoms with Gasteiger partial charge in [-0.05, 0) is 81.4 Å². The summed E-state index contributed by atoms with van der Waals surface area (Å²) in [5.74, 6) is 1.39. The maximum Gasteiger partial charge on any atom is 0.165 e. The van der Waals surface area contributed by atoms with Crippen molar-refractivity contribution in [1.82, 2.24) is 4.90 Å². The minimum absolute atomic E-state index is 0.0404. The number of rotatable bonds is 3. The van der Waals surface area contributed by atoms with Gasteiger partial charge in [-0.15, -0.1) is 0 Å². The zero-order valence-electron chi connectivity index (χ0n) is 20.5. The van der Waals surface area contributed by atoms with Gasteiger partial charge in [-0.2, -0.15) is 0 Å². The molecule has 2 heterocycles. The first-order valence-corrected chi connectivity index (χ1v) is 13.2. The Morgan fingerprint density at radius 1 is 1.12 bits per heavy atom. The van der Waals surface area contributed by atoms with E-state index >= 15 is 0 Å². The highest BCUT2D eigenvalue weighted by Crippen LogP contribution is 2.77. The highest BCUT2D eigenvalue weighted by molar-refractivity contribution is 5.63. The Labute approximate surface area is 197 Å². The summed E-state index contributed by atoms with van der Waals surface area (Å²) < 4.78 is 6.68. The van der Waals surface area contributed by atoms with E-state index in [1.807, 2.05) is 6.92 Å². The number of fused-ring (bicyclic) bond motifs is 2. The molecule has 4 saturated carbocycles. The Bertz CT molecular complexity index is 1040. The molecule has 0 aromatic heterocycles. The van der Waals surface area contributed by atoms with Gasteiger partial charge in [0.05, 0.1) is 5.60 Å². The van der Waals surface area contributed by atoms with Crippen molar-refractivity contribution in [2.24, 2.45) is 22.7 Å². The molecule has 4 bridgehead atoms. The predicted molar refractivity (Wildman–Crippen MR) is 125 cm³/mol. The molecule has 33 heavy (non-hydrogen) atoms. The van der Waals surface area contributed by atoms with E-state index in [1.165, 1.54) is 30.5 Å². The second-order valence-electron chi connectivity index (χ2n) is 13.6. The van der Waals surface area contributed by atoms with Gasteiger partial charge in [-0.1, -0.05) is 26.8 Å². The summed E-state index contributed by atoms with van der Waals surface area (Å²) in [5, 5.41) is 35.3. The van der Waals surface area contributed by atoms with Crippen LogP contribution in [0.4, 0.5) is 0 Å². The molecule has 1 aromatic carbocycles. The lowest BCUT2D eigenvalue weighted by Gasteiger charge is -2.75. The first kappa shape index (κ1) is 21.0. The number of hydrogen-bond acceptors (Lipinski definition) is 5. The number of benzene rings is 1. The predicted octanol–water partition coefficient (Wildman–Crippen LogP) is 3.76. The monoisotopic (exact) mass is 453 g/mol. The van der Waals surface area contributed by atoms with E-state index in [9.17, 15) is 15.3 Å². The molecule has 0 amide bonds. The lowest BCUT2D eigenvalue weighted by atomic mass is 9.33. The lowest BCUT2D eigenvalue weighted by molar-refractivity contribution is -0.305. The van der Waals surface area contributed by atoms with Crippen LogP contribution in [0, 0.1) is 22.7 Å². The maximum absolute atomic E-state index is 12.5. The maximum atomic E-state index is 12.5. The SMILES string of the molecule is CC(C)(C)[C@](C)(O)[C@H]1C[C@]23CC[C@]1(O)[C@@H]1Oc4c(O)ccc5c4[C@@]12CCN(CC1CC1)[C@@H]3C5. The molecule has 1 aromatic rings. The topological polar surface area (TPSA) is 73.2 Å². The highest BCUT2D eigenvalue weighted by Gasteiger charge is 2.81. The second-order valence-corrected chi connectivity index (χ2v) is 13.6. The number of hydrogen-bond donors (Lipinski definition) is 3. The van der Waals surface area contributed by atoms with Crippen LogP contribution < -0.4 is 4.74 Å². The van der Waals surface area contributed by atoms with Gasteiger partial charge in [0, 0.05) is 34.9 Å². The number of aromatic hydroxyl groups is 1. The number of likely N-dealkylation sites (tertiary alicyclic amines) is 1. The fourth-order valence-electron chi connectivity index (χ4n) is 9.26. The summed E-state index contributed by atoms with van der Waals surface area (Å²) >= 11 is 0. The van der Waals surface area contributed by atoms with E-state index in [0.717, 1.165) is 38.1 Å². The van der Waals surface area contributed by atoms with Crippen molar-refractivity contribution in [3.8, 4) is 11.5 Å². The molecule has 7 aliphatic rings. The van der Waals surface area contributed by atoms with Crippen LogP contribution in [0.15, 0.2) is 12.1 Å². The molecule has 5 nitrogen and oxygen atoms in total. The fourth-order valence-corrected chi connectivity index (χ4v) is 9.26. The molecule has 7 atom stereocenters. The average molecular weight is 454 g/mol. The summed E-state index contributed by atoms with van der Waals surface area (Å²) in [6, 6.07) is 4.30. The quantitative estimate of drug-likeness (QED) is 0.650. The summed E-state index contributed by atoms with van der Waals surface area (Å²) in [6.45, 7) is 10.4. The zero-order chi connectivity index (χ0) is 23.2. The number of aliphatic hydroxyl groups is 2. The molecule has 0 unspecified atom stereocenters. The third-order valence-corrected chi connectivity index (χ3v) is 11.5. The first-order valence-electron chi connectivity index (χ1n) is 13.2. The van der Waals surface area contributed by atoms with E-state index in [4.69, 9.17) is 4.74 Å². The molecular formula is C28H39NO4. The van der Waals surface area contributed by atoms with E-state index in [1.54, 1.807) is 6.07 Å². The molecular weight excluding hydrogens is 414 g/mol. The van der Waals surface area contributed by atoms with Crippen molar-refractivity contribution in [3.63, 3.8) is 0 Å². The van der Waals surface area contributed by atoms with Gasteiger partial charge < -0.3 is 20.1 Å². The molecule has 1 saturated heterocycles. The minimum atomic E-state index is -1.11. The van der Waals surface area contributed by atoms with Gasteiger partial charge in [-0.25, -0.2) is 0 Å².